The van der Waals surface area contributed by atoms with Crippen LogP contribution in [-0.4, -0.2) is 14.3 Å². The van der Waals surface area contributed by atoms with Gasteiger partial charge in [0.1, 0.15) is 16.5 Å². The van der Waals surface area contributed by atoms with Crippen molar-refractivity contribution in [3.8, 4) is 0 Å². The molecule has 1 aromatic carbocycles. The van der Waals surface area contributed by atoms with Crippen molar-refractivity contribution in [3.63, 3.8) is 0 Å². The summed E-state index contributed by atoms with van der Waals surface area (Å²) in [6, 6.07) is 3.44. The van der Waals surface area contributed by atoms with Crippen LogP contribution in [0.5, 0.6) is 0 Å². The van der Waals surface area contributed by atoms with Gasteiger partial charge in [-0.1, -0.05) is 12.8 Å². The summed E-state index contributed by atoms with van der Waals surface area (Å²) in [5, 5.41) is 1.22. The smallest absolute Gasteiger partial charge is 0.263 e. The Labute approximate surface area is 111 Å². The quantitative estimate of drug-likeness (QED) is 0.797. The van der Waals surface area contributed by atoms with Crippen molar-refractivity contribution in [1.29, 1.82) is 0 Å². The van der Waals surface area contributed by atoms with Crippen LogP contribution < -0.4 is 10.9 Å². The normalized spacial score (nSPS) is 22.2. The molecule has 1 heterocycles. The van der Waals surface area contributed by atoms with E-state index in [9.17, 15) is 12.8 Å². The molecule has 7 heteroatoms. The molecule has 2 N–H and O–H groups in total. The summed E-state index contributed by atoms with van der Waals surface area (Å²) in [5.41, 5.74) is 0.164. The van der Waals surface area contributed by atoms with Gasteiger partial charge in [-0.3, -0.25) is 5.01 Å². The maximum Gasteiger partial charge on any atom is 0.286 e. The second-order valence-corrected chi connectivity index (χ2v) is 6.46. The van der Waals surface area contributed by atoms with E-state index in [1.807, 2.05) is 0 Å². The van der Waals surface area contributed by atoms with E-state index in [0.717, 1.165) is 37.8 Å². The molecule has 1 aliphatic carbocycles. The van der Waals surface area contributed by atoms with Crippen LogP contribution in [0.4, 0.5) is 10.1 Å². The first-order chi connectivity index (χ1) is 8.99. The Bertz CT molecular complexity index is 651. The molecule has 102 valence electrons. The van der Waals surface area contributed by atoms with Gasteiger partial charge in [-0.25, -0.2) is 10.2 Å². The monoisotopic (exact) mass is 283 g/mol. The van der Waals surface area contributed by atoms with Crippen LogP contribution in [0.1, 0.15) is 25.7 Å². The lowest BCUT2D eigenvalue weighted by Gasteiger charge is -2.29. The first-order valence-electron chi connectivity index (χ1n) is 6.18. The molecule has 0 aromatic heterocycles. The summed E-state index contributed by atoms with van der Waals surface area (Å²) in [7, 11) is -3.78. The number of rotatable bonds is 1. The van der Waals surface area contributed by atoms with E-state index in [1.54, 1.807) is 0 Å². The van der Waals surface area contributed by atoms with Crippen molar-refractivity contribution in [2.75, 3.05) is 5.01 Å². The van der Waals surface area contributed by atoms with Gasteiger partial charge < -0.3 is 0 Å². The van der Waals surface area contributed by atoms with E-state index < -0.39 is 15.8 Å². The first-order valence-corrected chi connectivity index (χ1v) is 7.62. The summed E-state index contributed by atoms with van der Waals surface area (Å²) in [4.78, 5) is -0.0434. The van der Waals surface area contributed by atoms with Crippen molar-refractivity contribution in [3.05, 3.63) is 24.0 Å². The zero-order valence-corrected chi connectivity index (χ0v) is 11.0. The van der Waals surface area contributed by atoms with Gasteiger partial charge >= 0.3 is 0 Å². The van der Waals surface area contributed by atoms with Gasteiger partial charge in [-0.2, -0.15) is 8.42 Å². The SMILES string of the molecule is NN1C(C2CCCC2)=NS(=O)(=O)c2ccc(F)cc21. The Balaban J connectivity index is 2.14. The number of anilines is 1. The van der Waals surface area contributed by atoms with E-state index in [1.165, 1.54) is 11.1 Å². The summed E-state index contributed by atoms with van der Waals surface area (Å²) in [5.74, 6) is 5.78. The molecule has 0 bridgehead atoms. The fourth-order valence-electron chi connectivity index (χ4n) is 2.69. The standard InChI is InChI=1S/C12H14FN3O2S/c13-9-5-6-11-10(7-9)16(14)12(15-19(11,17)18)8-3-1-2-4-8/h5-8H,1-4,14H2. The summed E-state index contributed by atoms with van der Waals surface area (Å²) in [6.07, 6.45) is 3.81. The van der Waals surface area contributed by atoms with E-state index in [4.69, 9.17) is 5.84 Å². The molecule has 1 aromatic rings. The van der Waals surface area contributed by atoms with Crippen molar-refractivity contribution >= 4 is 21.5 Å². The van der Waals surface area contributed by atoms with E-state index >= 15 is 0 Å². The second-order valence-electron chi connectivity index (χ2n) is 4.89. The van der Waals surface area contributed by atoms with Gasteiger partial charge in [0, 0.05) is 12.0 Å². The first kappa shape index (κ1) is 12.6. The van der Waals surface area contributed by atoms with Crippen LogP contribution in [0.25, 0.3) is 0 Å². The summed E-state index contributed by atoms with van der Waals surface area (Å²) >= 11 is 0. The van der Waals surface area contributed by atoms with Crippen LogP contribution in [0.15, 0.2) is 27.5 Å². The molecule has 0 radical (unpaired) electrons. The minimum atomic E-state index is -3.78. The topological polar surface area (TPSA) is 75.8 Å². The highest BCUT2D eigenvalue weighted by Crippen LogP contribution is 2.35. The molecular formula is C12H14FN3O2S. The highest BCUT2D eigenvalue weighted by atomic mass is 32.2. The summed E-state index contributed by atoms with van der Waals surface area (Å²) < 4.78 is 41.3. The molecule has 1 saturated carbocycles. The minimum Gasteiger partial charge on any atom is -0.263 e. The lowest BCUT2D eigenvalue weighted by atomic mass is 10.1. The average molecular weight is 283 g/mol. The number of fused-ring (bicyclic) bond motifs is 1. The Morgan fingerprint density at radius 1 is 1.32 bits per heavy atom. The van der Waals surface area contributed by atoms with Gasteiger partial charge in [0.25, 0.3) is 10.0 Å². The zero-order chi connectivity index (χ0) is 13.6. The number of halogens is 1. The van der Waals surface area contributed by atoms with E-state index in [-0.39, 0.29) is 16.5 Å². The third kappa shape index (κ3) is 2.02. The molecule has 0 amide bonds. The van der Waals surface area contributed by atoms with E-state index in [2.05, 4.69) is 4.40 Å². The highest BCUT2D eigenvalue weighted by molar-refractivity contribution is 7.90. The maximum atomic E-state index is 13.3. The maximum absolute atomic E-state index is 13.3. The van der Waals surface area contributed by atoms with Gasteiger partial charge in [0.05, 0.1) is 5.69 Å². The van der Waals surface area contributed by atoms with Crippen molar-refractivity contribution in [1.82, 2.24) is 0 Å². The number of hydrazine groups is 1. The Hall–Kier alpha value is -1.47. The largest absolute Gasteiger partial charge is 0.286 e. The number of amidine groups is 1. The zero-order valence-electron chi connectivity index (χ0n) is 10.2. The molecule has 5 nitrogen and oxygen atoms in total. The highest BCUT2D eigenvalue weighted by Gasteiger charge is 2.34. The number of hydrogen-bond donors (Lipinski definition) is 1. The number of sulfonamides is 1. The number of hydrogen-bond acceptors (Lipinski definition) is 4. The van der Waals surface area contributed by atoms with Gasteiger partial charge in [-0.15, -0.1) is 4.40 Å². The molecule has 0 atom stereocenters. The predicted octanol–water partition coefficient (Wildman–Crippen LogP) is 1.80. The molecule has 0 spiro atoms. The predicted molar refractivity (Wildman–Crippen MR) is 69.6 cm³/mol. The molecular weight excluding hydrogens is 269 g/mol. The van der Waals surface area contributed by atoms with Crippen LogP contribution in [0.2, 0.25) is 0 Å². The molecule has 0 unspecified atom stereocenters. The summed E-state index contributed by atoms with van der Waals surface area (Å²) in [6.45, 7) is 0. The van der Waals surface area contributed by atoms with E-state index in [0.29, 0.717) is 5.84 Å². The fraction of sp³-hybridized carbons (Fsp3) is 0.417. The Morgan fingerprint density at radius 2 is 2.00 bits per heavy atom. The molecule has 19 heavy (non-hydrogen) atoms. The number of benzene rings is 1. The third-order valence-electron chi connectivity index (χ3n) is 3.64. The van der Waals surface area contributed by atoms with Crippen molar-refractivity contribution < 1.29 is 12.8 Å². The molecule has 0 saturated heterocycles. The lowest BCUT2D eigenvalue weighted by molar-refractivity contribution is 0.592. The molecule has 1 fully saturated rings. The number of nitrogens with two attached hydrogens (primary N) is 1. The van der Waals surface area contributed by atoms with Gasteiger partial charge in [-0.05, 0) is 25.0 Å². The molecule has 2 aliphatic rings. The molecule has 3 rings (SSSR count). The average Bonchev–Trinajstić information content (AvgIpc) is 2.87. The van der Waals surface area contributed by atoms with Crippen molar-refractivity contribution in [2.45, 2.75) is 30.6 Å². The molecule has 1 aliphatic heterocycles. The minimum absolute atomic E-state index is 0.0381. The van der Waals surface area contributed by atoms with Crippen LogP contribution in [0.3, 0.4) is 0 Å². The van der Waals surface area contributed by atoms with Gasteiger partial charge in [0.15, 0.2) is 0 Å². The second kappa shape index (κ2) is 4.28. The Kier molecular flexibility index (Phi) is 2.83. The fourth-order valence-corrected chi connectivity index (χ4v) is 3.94. The van der Waals surface area contributed by atoms with Crippen molar-refractivity contribution in [2.24, 2.45) is 16.2 Å². The van der Waals surface area contributed by atoms with Gasteiger partial charge in [0.2, 0.25) is 0 Å². The van der Waals surface area contributed by atoms with Crippen LogP contribution >= 0.6 is 0 Å². The lowest BCUT2D eigenvalue weighted by Crippen LogP contribution is -2.44. The Morgan fingerprint density at radius 3 is 2.68 bits per heavy atom. The number of nitrogens with zero attached hydrogens (tertiary/aromatic N) is 2. The van der Waals surface area contributed by atoms with Crippen LogP contribution in [-0.2, 0) is 10.0 Å². The van der Waals surface area contributed by atoms with Crippen LogP contribution in [0, 0.1) is 11.7 Å². The third-order valence-corrected chi connectivity index (χ3v) is 4.97.